The van der Waals surface area contributed by atoms with Gasteiger partial charge in [-0.25, -0.2) is 5.43 Å². The lowest BCUT2D eigenvalue weighted by Gasteiger charge is -2.13. The third-order valence-corrected chi connectivity index (χ3v) is 5.76. The van der Waals surface area contributed by atoms with Crippen LogP contribution in [0, 0.1) is 6.92 Å². The van der Waals surface area contributed by atoms with E-state index in [1.54, 1.807) is 61.5 Å². The van der Waals surface area contributed by atoms with Gasteiger partial charge < -0.3 is 14.8 Å². The molecule has 0 radical (unpaired) electrons. The van der Waals surface area contributed by atoms with E-state index < -0.39 is 11.8 Å². The zero-order valence-corrected chi connectivity index (χ0v) is 21.2. The number of nitrogens with zero attached hydrogens (tertiary/aromatic N) is 1. The summed E-state index contributed by atoms with van der Waals surface area (Å²) in [4.78, 5) is 24.2. The molecule has 0 fully saturated rings. The van der Waals surface area contributed by atoms with Crippen LogP contribution >= 0.6 is 34.8 Å². The van der Waals surface area contributed by atoms with E-state index in [4.69, 9.17) is 44.3 Å². The summed E-state index contributed by atoms with van der Waals surface area (Å²) >= 11 is 18.2. The summed E-state index contributed by atoms with van der Waals surface area (Å²) in [6, 6.07) is 15.3. The molecule has 0 aliphatic rings. The third kappa shape index (κ3) is 7.36. The number of halogens is 3. The van der Waals surface area contributed by atoms with Crippen molar-refractivity contribution < 1.29 is 19.1 Å². The summed E-state index contributed by atoms with van der Waals surface area (Å²) in [5.41, 5.74) is 4.69. The van der Waals surface area contributed by atoms with Crippen LogP contribution in [0.1, 0.15) is 23.6 Å². The minimum atomic E-state index is -0.926. The van der Waals surface area contributed by atoms with Gasteiger partial charge in [-0.15, -0.1) is 0 Å². The Balaban J connectivity index is 1.62. The Hall–Kier alpha value is -3.26. The smallest absolute Gasteiger partial charge is 0.329 e. The zero-order valence-electron chi connectivity index (χ0n) is 18.9. The van der Waals surface area contributed by atoms with Gasteiger partial charge in [-0.1, -0.05) is 46.9 Å². The van der Waals surface area contributed by atoms with Crippen LogP contribution in [-0.2, 0) is 16.2 Å². The number of ether oxygens (including phenoxy) is 2. The molecule has 0 heterocycles. The number of hydrogen-bond donors (Lipinski definition) is 2. The highest BCUT2D eigenvalue weighted by atomic mass is 35.5. The molecule has 0 saturated carbocycles. The zero-order chi connectivity index (χ0) is 25.4. The van der Waals surface area contributed by atoms with E-state index >= 15 is 0 Å². The van der Waals surface area contributed by atoms with Crippen molar-refractivity contribution in [2.75, 3.05) is 11.9 Å². The standard InChI is InChI=1S/C25H22Cl3N3O4/c1-3-34-23-11-16(7-10-22(23)35-14-17-8-9-18(26)12-20(17)28)13-29-31-25(33)24(32)30-21-6-4-5-19(27)15(21)2/h4-13H,3,14H2,1-2H3,(H,30,32)(H,31,33)/b29-13+. The van der Waals surface area contributed by atoms with Crippen molar-refractivity contribution in [1.82, 2.24) is 5.43 Å². The molecule has 0 bridgehead atoms. The number of hydrogen-bond acceptors (Lipinski definition) is 5. The van der Waals surface area contributed by atoms with Gasteiger partial charge in [-0.2, -0.15) is 5.10 Å². The first kappa shape index (κ1) is 26.3. The molecule has 0 atom stereocenters. The molecule has 182 valence electrons. The number of amides is 2. The Bertz CT molecular complexity index is 1260. The van der Waals surface area contributed by atoms with Gasteiger partial charge in [0.2, 0.25) is 0 Å². The minimum absolute atomic E-state index is 0.223. The molecule has 3 rings (SSSR count). The van der Waals surface area contributed by atoms with E-state index in [9.17, 15) is 9.59 Å². The van der Waals surface area contributed by atoms with Gasteiger partial charge in [-0.05, 0) is 67.4 Å². The summed E-state index contributed by atoms with van der Waals surface area (Å²) in [5, 5.41) is 7.88. The Morgan fingerprint density at radius 2 is 1.74 bits per heavy atom. The lowest BCUT2D eigenvalue weighted by molar-refractivity contribution is -0.136. The number of nitrogens with one attached hydrogen (secondary N) is 2. The Labute approximate surface area is 218 Å². The van der Waals surface area contributed by atoms with Gasteiger partial charge in [0.25, 0.3) is 0 Å². The van der Waals surface area contributed by atoms with Gasteiger partial charge >= 0.3 is 11.8 Å². The SMILES string of the molecule is CCOc1cc(/C=N/NC(=O)C(=O)Nc2cccc(Cl)c2C)ccc1OCc1ccc(Cl)cc1Cl. The molecule has 0 aliphatic heterocycles. The molecule has 3 aromatic carbocycles. The molecular formula is C25H22Cl3N3O4. The van der Waals surface area contributed by atoms with Crippen molar-refractivity contribution in [1.29, 1.82) is 0 Å². The molecular weight excluding hydrogens is 513 g/mol. The van der Waals surface area contributed by atoms with Gasteiger partial charge in [0.1, 0.15) is 6.61 Å². The average Bonchev–Trinajstić information content (AvgIpc) is 2.82. The van der Waals surface area contributed by atoms with Crippen LogP contribution in [0.2, 0.25) is 15.1 Å². The normalized spacial score (nSPS) is 10.8. The van der Waals surface area contributed by atoms with E-state index in [1.165, 1.54) is 6.21 Å². The van der Waals surface area contributed by atoms with Crippen molar-refractivity contribution in [2.45, 2.75) is 20.5 Å². The molecule has 2 N–H and O–H groups in total. The molecule has 10 heteroatoms. The summed E-state index contributed by atoms with van der Waals surface area (Å²) in [6.07, 6.45) is 1.39. The van der Waals surface area contributed by atoms with Crippen LogP contribution in [0.5, 0.6) is 11.5 Å². The van der Waals surface area contributed by atoms with Crippen LogP contribution in [0.3, 0.4) is 0 Å². The van der Waals surface area contributed by atoms with E-state index in [0.717, 1.165) is 5.56 Å². The molecule has 3 aromatic rings. The van der Waals surface area contributed by atoms with Crippen molar-refractivity contribution in [3.05, 3.63) is 86.4 Å². The highest BCUT2D eigenvalue weighted by Crippen LogP contribution is 2.30. The van der Waals surface area contributed by atoms with Crippen LogP contribution in [0.4, 0.5) is 5.69 Å². The Kier molecular flexibility index (Phi) is 9.37. The van der Waals surface area contributed by atoms with Crippen LogP contribution in [0.25, 0.3) is 0 Å². The van der Waals surface area contributed by atoms with Gasteiger partial charge in [-0.3, -0.25) is 9.59 Å². The maximum atomic E-state index is 12.1. The predicted octanol–water partition coefficient (Wildman–Crippen LogP) is 6.02. The van der Waals surface area contributed by atoms with Crippen molar-refractivity contribution in [3.8, 4) is 11.5 Å². The van der Waals surface area contributed by atoms with Crippen molar-refractivity contribution >= 4 is 58.5 Å². The van der Waals surface area contributed by atoms with E-state index in [0.29, 0.717) is 50.0 Å². The second-order valence-electron chi connectivity index (χ2n) is 7.23. The average molecular weight is 535 g/mol. The highest BCUT2D eigenvalue weighted by Gasteiger charge is 2.15. The summed E-state index contributed by atoms with van der Waals surface area (Å²) in [7, 11) is 0. The van der Waals surface area contributed by atoms with E-state index in [2.05, 4.69) is 15.8 Å². The monoisotopic (exact) mass is 533 g/mol. The van der Waals surface area contributed by atoms with Crippen LogP contribution < -0.4 is 20.2 Å². The second kappa shape index (κ2) is 12.4. The number of carbonyl (C=O) groups excluding carboxylic acids is 2. The first-order chi connectivity index (χ1) is 16.8. The van der Waals surface area contributed by atoms with Gasteiger partial charge in [0.15, 0.2) is 11.5 Å². The fraction of sp³-hybridized carbons (Fsp3) is 0.160. The maximum absolute atomic E-state index is 12.1. The van der Waals surface area contributed by atoms with Crippen LogP contribution in [0.15, 0.2) is 59.7 Å². The lowest BCUT2D eigenvalue weighted by Crippen LogP contribution is -2.32. The molecule has 7 nitrogen and oxygen atoms in total. The number of anilines is 1. The summed E-state index contributed by atoms with van der Waals surface area (Å²) < 4.78 is 11.5. The lowest BCUT2D eigenvalue weighted by atomic mass is 10.2. The summed E-state index contributed by atoms with van der Waals surface area (Å²) in [6.45, 7) is 4.22. The largest absolute Gasteiger partial charge is 0.490 e. The fourth-order valence-corrected chi connectivity index (χ4v) is 3.56. The fourth-order valence-electron chi connectivity index (χ4n) is 2.92. The predicted molar refractivity (Wildman–Crippen MR) is 139 cm³/mol. The van der Waals surface area contributed by atoms with E-state index in [-0.39, 0.29) is 6.61 Å². The van der Waals surface area contributed by atoms with Gasteiger partial charge in [0, 0.05) is 26.3 Å². The number of carbonyl (C=O) groups is 2. The highest BCUT2D eigenvalue weighted by molar-refractivity contribution is 6.40. The molecule has 2 amide bonds. The molecule has 0 unspecified atom stereocenters. The van der Waals surface area contributed by atoms with Crippen LogP contribution in [-0.4, -0.2) is 24.6 Å². The topological polar surface area (TPSA) is 89.0 Å². The van der Waals surface area contributed by atoms with Crippen molar-refractivity contribution in [2.24, 2.45) is 5.10 Å². The van der Waals surface area contributed by atoms with Crippen molar-refractivity contribution in [3.63, 3.8) is 0 Å². The number of rotatable bonds is 8. The second-order valence-corrected chi connectivity index (χ2v) is 8.48. The molecule has 0 aromatic heterocycles. The number of benzene rings is 3. The molecule has 0 spiro atoms. The first-order valence-electron chi connectivity index (χ1n) is 10.5. The first-order valence-corrected chi connectivity index (χ1v) is 11.6. The molecule has 0 aliphatic carbocycles. The number of hydrazone groups is 1. The Morgan fingerprint density at radius 1 is 0.943 bits per heavy atom. The maximum Gasteiger partial charge on any atom is 0.329 e. The Morgan fingerprint density at radius 3 is 2.49 bits per heavy atom. The van der Waals surface area contributed by atoms with E-state index in [1.807, 2.05) is 6.92 Å². The molecule has 35 heavy (non-hydrogen) atoms. The molecule has 0 saturated heterocycles. The summed E-state index contributed by atoms with van der Waals surface area (Å²) in [5.74, 6) is -0.796. The minimum Gasteiger partial charge on any atom is -0.490 e. The van der Waals surface area contributed by atoms with Gasteiger partial charge in [0.05, 0.1) is 12.8 Å². The third-order valence-electron chi connectivity index (χ3n) is 4.77. The quantitative estimate of drug-likeness (QED) is 0.210.